The molecule has 2 N–H and O–H groups in total. The first-order valence-corrected chi connectivity index (χ1v) is 9.56. The highest BCUT2D eigenvalue weighted by molar-refractivity contribution is 14.0. The molecule has 7 heteroatoms. The van der Waals surface area contributed by atoms with Gasteiger partial charge in [0.25, 0.3) is 0 Å². The van der Waals surface area contributed by atoms with Gasteiger partial charge in [-0.1, -0.05) is 0 Å². The first kappa shape index (κ1) is 24.0. The van der Waals surface area contributed by atoms with Gasteiger partial charge in [-0.15, -0.1) is 24.0 Å². The fraction of sp³-hybridized carbons (Fsp3) is 0.650. The van der Waals surface area contributed by atoms with Crippen LogP contribution in [-0.2, 0) is 9.47 Å². The normalized spacial score (nSPS) is 14.0. The number of halogens is 1. The van der Waals surface area contributed by atoms with Crippen LogP contribution in [0.5, 0.6) is 5.75 Å². The lowest BCUT2D eigenvalue weighted by molar-refractivity contribution is 0.123. The Balaban J connectivity index is 0.00000364. The van der Waals surface area contributed by atoms with Crippen molar-refractivity contribution in [1.82, 2.24) is 5.32 Å². The molecule has 0 spiro atoms. The number of benzene rings is 1. The van der Waals surface area contributed by atoms with E-state index in [2.05, 4.69) is 15.6 Å². The van der Waals surface area contributed by atoms with Gasteiger partial charge in [0.05, 0.1) is 12.7 Å². The van der Waals surface area contributed by atoms with Gasteiger partial charge in [0.2, 0.25) is 0 Å². The van der Waals surface area contributed by atoms with E-state index < -0.39 is 0 Å². The molecule has 0 aliphatic heterocycles. The number of nitrogens with zero attached hydrogens (tertiary/aromatic N) is 1. The maximum Gasteiger partial charge on any atom is 0.195 e. The van der Waals surface area contributed by atoms with Crippen LogP contribution in [0.15, 0.2) is 29.3 Å². The topological polar surface area (TPSA) is 64.1 Å². The average molecular weight is 491 g/mol. The molecular formula is C20H34IN3O3. The molecule has 0 aromatic heterocycles. The molecule has 0 amide bonds. The predicted molar refractivity (Wildman–Crippen MR) is 122 cm³/mol. The maximum atomic E-state index is 5.67. The third-order valence-corrected chi connectivity index (χ3v) is 3.85. The van der Waals surface area contributed by atoms with Crippen LogP contribution in [0, 0.1) is 5.92 Å². The predicted octanol–water partition coefficient (Wildman–Crippen LogP) is 3.91. The van der Waals surface area contributed by atoms with Gasteiger partial charge < -0.3 is 24.8 Å². The van der Waals surface area contributed by atoms with Gasteiger partial charge in [-0.3, -0.25) is 4.99 Å². The Morgan fingerprint density at radius 3 is 2.56 bits per heavy atom. The summed E-state index contributed by atoms with van der Waals surface area (Å²) in [5.74, 6) is 2.43. The summed E-state index contributed by atoms with van der Waals surface area (Å²) in [5, 5.41) is 6.60. The summed E-state index contributed by atoms with van der Waals surface area (Å²) in [4.78, 5) is 4.62. The molecule has 1 aromatic rings. The lowest BCUT2D eigenvalue weighted by Gasteiger charge is -2.14. The Labute approximate surface area is 180 Å². The molecule has 6 nitrogen and oxygen atoms in total. The van der Waals surface area contributed by atoms with Crippen LogP contribution in [-0.4, -0.2) is 52.1 Å². The molecule has 0 bridgehead atoms. The number of ether oxygens (including phenoxy) is 3. The number of methoxy groups -OCH3 is 1. The largest absolute Gasteiger partial charge is 0.491 e. The molecule has 27 heavy (non-hydrogen) atoms. The third kappa shape index (κ3) is 11.4. The molecule has 2 rings (SSSR count). The Kier molecular flexibility index (Phi) is 12.4. The van der Waals surface area contributed by atoms with E-state index in [9.17, 15) is 0 Å². The second kappa shape index (κ2) is 14.0. The second-order valence-corrected chi connectivity index (χ2v) is 6.84. The van der Waals surface area contributed by atoms with Crippen LogP contribution in [0.4, 0.5) is 5.69 Å². The molecule has 0 radical (unpaired) electrons. The molecule has 1 fully saturated rings. The Morgan fingerprint density at radius 1 is 1.19 bits per heavy atom. The zero-order valence-corrected chi connectivity index (χ0v) is 19.0. The molecule has 1 aliphatic rings. The first-order chi connectivity index (χ1) is 12.7. The zero-order chi connectivity index (χ0) is 18.6. The van der Waals surface area contributed by atoms with Crippen LogP contribution in [0.2, 0.25) is 0 Å². The fourth-order valence-corrected chi connectivity index (χ4v) is 2.33. The van der Waals surface area contributed by atoms with Crippen molar-refractivity contribution >= 4 is 35.6 Å². The quantitative estimate of drug-likeness (QED) is 0.201. The maximum absolute atomic E-state index is 5.67. The summed E-state index contributed by atoms with van der Waals surface area (Å²) in [5.41, 5.74) is 0.967. The number of aliphatic imine (C=N–C) groups is 1. The van der Waals surface area contributed by atoms with Crippen LogP contribution >= 0.6 is 24.0 Å². The van der Waals surface area contributed by atoms with E-state index in [0.717, 1.165) is 49.5 Å². The number of anilines is 1. The molecule has 0 unspecified atom stereocenters. The lowest BCUT2D eigenvalue weighted by atomic mass is 10.3. The zero-order valence-electron chi connectivity index (χ0n) is 16.7. The number of hydrogen-bond donors (Lipinski definition) is 2. The van der Waals surface area contributed by atoms with E-state index in [4.69, 9.17) is 14.2 Å². The highest BCUT2D eigenvalue weighted by Gasteiger charge is 2.20. The Hall–Kier alpha value is -1.06. The van der Waals surface area contributed by atoms with Crippen molar-refractivity contribution in [3.63, 3.8) is 0 Å². The van der Waals surface area contributed by atoms with Crippen LogP contribution in [0.3, 0.4) is 0 Å². The van der Waals surface area contributed by atoms with Crippen molar-refractivity contribution in [2.24, 2.45) is 10.9 Å². The summed E-state index contributed by atoms with van der Waals surface area (Å²) in [6.45, 7) is 7.78. The van der Waals surface area contributed by atoms with Crippen molar-refractivity contribution in [3.05, 3.63) is 24.3 Å². The Morgan fingerprint density at radius 2 is 1.93 bits per heavy atom. The van der Waals surface area contributed by atoms with Crippen LogP contribution in [0.25, 0.3) is 0 Å². The molecular weight excluding hydrogens is 457 g/mol. The van der Waals surface area contributed by atoms with Gasteiger partial charge in [0, 0.05) is 39.1 Å². The van der Waals surface area contributed by atoms with Crippen molar-refractivity contribution in [2.45, 2.75) is 39.2 Å². The molecule has 1 saturated carbocycles. The van der Waals surface area contributed by atoms with E-state index >= 15 is 0 Å². The lowest BCUT2D eigenvalue weighted by Crippen LogP contribution is -2.33. The van der Waals surface area contributed by atoms with Crippen LogP contribution < -0.4 is 15.4 Å². The highest BCUT2D eigenvalue weighted by atomic mass is 127. The van der Waals surface area contributed by atoms with Crippen molar-refractivity contribution in [2.75, 3.05) is 45.3 Å². The highest BCUT2D eigenvalue weighted by Crippen LogP contribution is 2.28. The Bertz CT molecular complexity index is 534. The summed E-state index contributed by atoms with van der Waals surface area (Å²) < 4.78 is 16.4. The van der Waals surface area contributed by atoms with Gasteiger partial charge >= 0.3 is 0 Å². The summed E-state index contributed by atoms with van der Waals surface area (Å²) in [7, 11) is 1.69. The smallest absolute Gasteiger partial charge is 0.195 e. The van der Waals surface area contributed by atoms with Crippen LogP contribution in [0.1, 0.15) is 33.1 Å². The van der Waals surface area contributed by atoms with Gasteiger partial charge in [-0.05, 0) is 63.3 Å². The van der Waals surface area contributed by atoms with E-state index in [1.54, 1.807) is 7.11 Å². The van der Waals surface area contributed by atoms with E-state index in [1.165, 1.54) is 12.8 Å². The van der Waals surface area contributed by atoms with Gasteiger partial charge in [0.1, 0.15) is 5.75 Å². The minimum absolute atomic E-state index is 0. The molecule has 1 aromatic carbocycles. The second-order valence-electron chi connectivity index (χ2n) is 6.84. The first-order valence-electron chi connectivity index (χ1n) is 9.56. The third-order valence-electron chi connectivity index (χ3n) is 3.85. The average Bonchev–Trinajstić information content (AvgIpc) is 3.43. The molecule has 0 heterocycles. The summed E-state index contributed by atoms with van der Waals surface area (Å²) >= 11 is 0. The monoisotopic (exact) mass is 491 g/mol. The van der Waals surface area contributed by atoms with Gasteiger partial charge in [0.15, 0.2) is 5.96 Å². The number of nitrogens with one attached hydrogen (secondary N) is 2. The molecule has 1 aliphatic carbocycles. The standard InChI is InChI=1S/C20H33N3O3.HI/c1-16(2)26-19-9-7-18(8-10-19)23-20(22-12-14-24-3)21-11-4-13-25-15-17-5-6-17;/h7-10,16-17H,4-6,11-15H2,1-3H3,(H2,21,22,23);1H. The number of guanidine groups is 1. The fourth-order valence-electron chi connectivity index (χ4n) is 2.33. The minimum Gasteiger partial charge on any atom is -0.491 e. The molecule has 0 atom stereocenters. The van der Waals surface area contributed by atoms with Crippen molar-refractivity contribution in [3.8, 4) is 5.75 Å². The molecule has 0 saturated heterocycles. The van der Waals surface area contributed by atoms with Crippen molar-refractivity contribution < 1.29 is 14.2 Å². The van der Waals surface area contributed by atoms with E-state index in [0.29, 0.717) is 13.2 Å². The van der Waals surface area contributed by atoms with E-state index in [-0.39, 0.29) is 30.1 Å². The van der Waals surface area contributed by atoms with E-state index in [1.807, 2.05) is 38.1 Å². The number of hydrogen-bond acceptors (Lipinski definition) is 4. The van der Waals surface area contributed by atoms with Crippen molar-refractivity contribution in [1.29, 1.82) is 0 Å². The SMILES string of the molecule is COCCNC(=NCCCOCC1CC1)Nc1ccc(OC(C)C)cc1.I. The minimum atomic E-state index is 0. The summed E-state index contributed by atoms with van der Waals surface area (Å²) in [6.07, 6.45) is 3.75. The van der Waals surface area contributed by atoms with Gasteiger partial charge in [-0.25, -0.2) is 0 Å². The number of rotatable bonds is 12. The van der Waals surface area contributed by atoms with Gasteiger partial charge in [-0.2, -0.15) is 0 Å². The molecule has 154 valence electrons. The summed E-state index contributed by atoms with van der Waals surface area (Å²) in [6, 6.07) is 7.90.